The van der Waals surface area contributed by atoms with Crippen LogP contribution in [0.5, 0.6) is 0 Å². The van der Waals surface area contributed by atoms with Crippen LogP contribution in [0.4, 0.5) is 15.8 Å². The lowest BCUT2D eigenvalue weighted by atomic mass is 10.1. The van der Waals surface area contributed by atoms with Gasteiger partial charge in [0.1, 0.15) is 5.82 Å². The van der Waals surface area contributed by atoms with Crippen molar-refractivity contribution in [2.24, 2.45) is 10.8 Å². The van der Waals surface area contributed by atoms with E-state index in [1.165, 1.54) is 6.42 Å². The van der Waals surface area contributed by atoms with Crippen LogP contribution in [0.25, 0.3) is 0 Å². The second kappa shape index (κ2) is 11.1. The maximum absolute atomic E-state index is 15.1. The van der Waals surface area contributed by atoms with Crippen molar-refractivity contribution < 1.29 is 4.39 Å². The molecule has 0 amide bonds. The van der Waals surface area contributed by atoms with Crippen molar-refractivity contribution in [1.29, 1.82) is 0 Å². The smallest absolute Gasteiger partial charge is 0.184 e. The number of benzene rings is 2. The number of piperazine rings is 1. The van der Waals surface area contributed by atoms with Crippen molar-refractivity contribution in [3.8, 4) is 0 Å². The number of thiocarbonyl (C=S) groups is 1. The van der Waals surface area contributed by atoms with Gasteiger partial charge in [-0.3, -0.25) is 10.3 Å². The average Bonchev–Trinajstić information content (AvgIpc) is 2.82. The molecule has 2 heterocycles. The topological polar surface area (TPSA) is 60.1 Å². The predicted molar refractivity (Wildman–Crippen MR) is 139 cm³/mol. The highest BCUT2D eigenvalue weighted by molar-refractivity contribution is 7.80. The van der Waals surface area contributed by atoms with Crippen LogP contribution >= 0.6 is 23.8 Å². The summed E-state index contributed by atoms with van der Waals surface area (Å²) in [5, 5.41) is 4.96. The standard InChI is InChI=1S/C24H30ClFN6S/c25-20-7-3-2-6-18(20)17-30-10-12-32(13-11-30)22-15-23(31-8-4-1-5-9-31)21(26)14-19(22)16-28-29-24(27)33/h2-3,6-7,14-16H,1,4-5,8-13,17H2,(H3,27,29,33). The van der Waals surface area contributed by atoms with Gasteiger partial charge in [0.25, 0.3) is 0 Å². The number of hydrazone groups is 1. The fraction of sp³-hybridized carbons (Fsp3) is 0.417. The second-order valence-corrected chi connectivity index (χ2v) is 9.35. The molecule has 0 unspecified atom stereocenters. The molecular weight excluding hydrogens is 459 g/mol. The van der Waals surface area contributed by atoms with Gasteiger partial charge in [-0.1, -0.05) is 29.8 Å². The summed E-state index contributed by atoms with van der Waals surface area (Å²) < 4.78 is 15.1. The van der Waals surface area contributed by atoms with E-state index >= 15 is 4.39 Å². The molecule has 33 heavy (non-hydrogen) atoms. The fourth-order valence-electron chi connectivity index (χ4n) is 4.50. The normalized spacial score (nSPS) is 17.5. The predicted octanol–water partition coefficient (Wildman–Crippen LogP) is 3.96. The Bertz CT molecular complexity index is 1000. The van der Waals surface area contributed by atoms with Crippen LogP contribution < -0.4 is 21.0 Å². The minimum Gasteiger partial charge on any atom is -0.375 e. The molecular formula is C24H30ClFN6S. The number of hydrogen-bond donors (Lipinski definition) is 2. The van der Waals surface area contributed by atoms with Gasteiger partial charge < -0.3 is 15.5 Å². The Hall–Kier alpha value is -2.42. The molecule has 9 heteroatoms. The Balaban J connectivity index is 1.53. The molecule has 0 aliphatic carbocycles. The van der Waals surface area contributed by atoms with Gasteiger partial charge in [0, 0.05) is 62.1 Å². The second-order valence-electron chi connectivity index (χ2n) is 8.50. The van der Waals surface area contributed by atoms with Crippen molar-refractivity contribution in [3.05, 3.63) is 58.4 Å². The third kappa shape index (κ3) is 6.13. The molecule has 3 N–H and O–H groups in total. The van der Waals surface area contributed by atoms with E-state index in [4.69, 9.17) is 29.6 Å². The van der Waals surface area contributed by atoms with Gasteiger partial charge in [-0.25, -0.2) is 4.39 Å². The average molecular weight is 489 g/mol. The summed E-state index contributed by atoms with van der Waals surface area (Å²) in [6.07, 6.45) is 4.98. The van der Waals surface area contributed by atoms with Gasteiger partial charge in [-0.15, -0.1) is 0 Å². The van der Waals surface area contributed by atoms with Gasteiger partial charge >= 0.3 is 0 Å². The Morgan fingerprint density at radius 3 is 2.42 bits per heavy atom. The number of nitrogens with two attached hydrogens (primary N) is 1. The molecule has 0 atom stereocenters. The Morgan fingerprint density at radius 1 is 1.03 bits per heavy atom. The summed E-state index contributed by atoms with van der Waals surface area (Å²) >= 11 is 11.2. The number of nitrogens with zero attached hydrogens (tertiary/aromatic N) is 4. The molecule has 0 bridgehead atoms. The molecule has 2 aromatic rings. The lowest BCUT2D eigenvalue weighted by Gasteiger charge is -2.38. The van der Waals surface area contributed by atoms with E-state index in [2.05, 4.69) is 31.3 Å². The molecule has 2 aromatic carbocycles. The summed E-state index contributed by atoms with van der Waals surface area (Å²) in [6.45, 7) is 6.05. The van der Waals surface area contributed by atoms with Gasteiger partial charge in [-0.2, -0.15) is 5.10 Å². The number of rotatable bonds is 6. The number of nitrogens with one attached hydrogen (secondary N) is 1. The largest absolute Gasteiger partial charge is 0.375 e. The summed E-state index contributed by atoms with van der Waals surface area (Å²) in [6, 6.07) is 11.5. The van der Waals surface area contributed by atoms with Crippen LogP contribution in [0.2, 0.25) is 5.02 Å². The minimum absolute atomic E-state index is 0.0754. The molecule has 2 fully saturated rings. The molecule has 4 rings (SSSR count). The highest BCUT2D eigenvalue weighted by Crippen LogP contribution is 2.32. The molecule has 0 radical (unpaired) electrons. The van der Waals surface area contributed by atoms with Crippen molar-refractivity contribution in [2.45, 2.75) is 25.8 Å². The molecule has 0 spiro atoms. The molecule has 6 nitrogen and oxygen atoms in total. The van der Waals surface area contributed by atoms with Crippen molar-refractivity contribution in [1.82, 2.24) is 10.3 Å². The number of anilines is 2. The molecule has 2 aliphatic rings. The van der Waals surface area contributed by atoms with E-state index in [1.807, 2.05) is 24.3 Å². The lowest BCUT2D eigenvalue weighted by molar-refractivity contribution is 0.250. The van der Waals surface area contributed by atoms with Gasteiger partial charge in [0.2, 0.25) is 0 Å². The summed E-state index contributed by atoms with van der Waals surface area (Å²) in [7, 11) is 0. The third-order valence-corrected chi connectivity index (χ3v) is 6.70. The van der Waals surface area contributed by atoms with E-state index in [0.29, 0.717) is 11.3 Å². The van der Waals surface area contributed by atoms with E-state index in [9.17, 15) is 0 Å². The van der Waals surface area contributed by atoms with Crippen LogP contribution in [0, 0.1) is 5.82 Å². The Morgan fingerprint density at radius 2 is 1.73 bits per heavy atom. The fourth-order valence-corrected chi connectivity index (χ4v) is 4.75. The number of hydrogen-bond acceptors (Lipinski definition) is 5. The van der Waals surface area contributed by atoms with Crippen molar-refractivity contribution in [2.75, 3.05) is 49.1 Å². The number of piperidine rings is 1. The maximum Gasteiger partial charge on any atom is 0.184 e. The quantitative estimate of drug-likeness (QED) is 0.364. The Labute approximate surface area is 205 Å². The minimum atomic E-state index is -0.227. The van der Waals surface area contributed by atoms with E-state index in [-0.39, 0.29) is 10.9 Å². The highest BCUT2D eigenvalue weighted by atomic mass is 35.5. The zero-order valence-corrected chi connectivity index (χ0v) is 20.2. The maximum atomic E-state index is 15.1. The lowest BCUT2D eigenvalue weighted by Crippen LogP contribution is -2.46. The molecule has 0 aromatic heterocycles. The first-order valence-electron chi connectivity index (χ1n) is 11.4. The van der Waals surface area contributed by atoms with E-state index in [0.717, 1.165) is 74.9 Å². The van der Waals surface area contributed by atoms with Gasteiger partial charge in [-0.05, 0) is 55.2 Å². The first-order valence-corrected chi connectivity index (χ1v) is 12.2. The highest BCUT2D eigenvalue weighted by Gasteiger charge is 2.23. The number of halogens is 2. The van der Waals surface area contributed by atoms with Crippen LogP contribution in [-0.4, -0.2) is 55.5 Å². The summed E-state index contributed by atoms with van der Waals surface area (Å²) in [4.78, 5) is 6.86. The van der Waals surface area contributed by atoms with E-state index < -0.39 is 0 Å². The zero-order valence-electron chi connectivity index (χ0n) is 18.6. The molecule has 176 valence electrons. The first kappa shape index (κ1) is 23.7. The van der Waals surface area contributed by atoms with Crippen LogP contribution in [-0.2, 0) is 6.54 Å². The molecule has 0 saturated carbocycles. The van der Waals surface area contributed by atoms with Crippen molar-refractivity contribution in [3.63, 3.8) is 0 Å². The van der Waals surface area contributed by atoms with Gasteiger partial charge in [0.15, 0.2) is 5.11 Å². The molecule has 2 aliphatic heterocycles. The van der Waals surface area contributed by atoms with Crippen molar-refractivity contribution >= 4 is 46.5 Å². The zero-order chi connectivity index (χ0) is 23.2. The summed E-state index contributed by atoms with van der Waals surface area (Å²) in [5.41, 5.74) is 11.5. The monoisotopic (exact) mass is 488 g/mol. The van der Waals surface area contributed by atoms with Gasteiger partial charge in [0.05, 0.1) is 11.9 Å². The SMILES string of the molecule is NC(=S)NN=Cc1cc(F)c(N2CCCCC2)cc1N1CCN(Cc2ccccc2Cl)CC1. The third-order valence-electron chi connectivity index (χ3n) is 6.24. The van der Waals surface area contributed by atoms with Crippen LogP contribution in [0.3, 0.4) is 0 Å². The van der Waals surface area contributed by atoms with Crippen LogP contribution in [0.1, 0.15) is 30.4 Å². The first-order chi connectivity index (χ1) is 16.0. The summed E-state index contributed by atoms with van der Waals surface area (Å²) in [5.74, 6) is -0.227. The Kier molecular flexibility index (Phi) is 8.01. The molecule has 2 saturated heterocycles. The van der Waals surface area contributed by atoms with E-state index in [1.54, 1.807) is 12.3 Å². The van der Waals surface area contributed by atoms with Crippen LogP contribution in [0.15, 0.2) is 41.5 Å².